The highest BCUT2D eigenvalue weighted by molar-refractivity contribution is 5.88. The molecule has 0 bridgehead atoms. The van der Waals surface area contributed by atoms with Gasteiger partial charge in [-0.2, -0.15) is 5.11 Å². The summed E-state index contributed by atoms with van der Waals surface area (Å²) in [6, 6.07) is 5.23. The number of esters is 1. The minimum absolute atomic E-state index is 0.168. The smallest absolute Gasteiger partial charge is 0.362 e. The van der Waals surface area contributed by atoms with Crippen LogP contribution in [0.5, 0.6) is 0 Å². The molecule has 1 aromatic carbocycles. The van der Waals surface area contributed by atoms with E-state index in [1.165, 1.54) is 31.2 Å². The molecule has 96 valence electrons. The lowest BCUT2D eigenvalue weighted by Crippen LogP contribution is -2.07. The molecule has 1 rings (SSSR count). The molecule has 0 saturated heterocycles. The number of allylic oxidation sites excluding steroid dienone is 1. The van der Waals surface area contributed by atoms with Crippen LogP contribution in [0.4, 0.5) is 10.1 Å². The zero-order valence-electron chi connectivity index (χ0n) is 10.1. The van der Waals surface area contributed by atoms with E-state index < -0.39 is 11.8 Å². The molecule has 0 aromatic heterocycles. The molecule has 0 spiro atoms. The molecule has 1 aromatic rings. The summed E-state index contributed by atoms with van der Waals surface area (Å²) in [6.07, 6.45) is 0. The fourth-order valence-corrected chi connectivity index (χ4v) is 1.08. The van der Waals surface area contributed by atoms with Crippen LogP contribution >= 0.6 is 0 Å². The maximum atomic E-state index is 12.6. The van der Waals surface area contributed by atoms with Gasteiger partial charge in [-0.05, 0) is 38.1 Å². The third-order valence-electron chi connectivity index (χ3n) is 1.90. The van der Waals surface area contributed by atoms with E-state index in [4.69, 9.17) is 4.74 Å². The summed E-state index contributed by atoms with van der Waals surface area (Å²) < 4.78 is 17.3. The molecule has 0 aliphatic rings. The normalized spacial score (nSPS) is 12.4. The molecule has 0 saturated carbocycles. The number of carbonyl (C=O) groups excluding carboxylic acids is 1. The number of aliphatic hydroxyl groups excluding tert-OH is 1. The molecule has 0 fully saturated rings. The highest BCUT2D eigenvalue weighted by Crippen LogP contribution is 2.15. The predicted octanol–water partition coefficient (Wildman–Crippen LogP) is 3.26. The summed E-state index contributed by atoms with van der Waals surface area (Å²) in [5.41, 5.74) is 0.0839. The van der Waals surface area contributed by atoms with Crippen molar-refractivity contribution in [2.75, 3.05) is 6.61 Å². The summed E-state index contributed by atoms with van der Waals surface area (Å²) in [6.45, 7) is 3.11. The average molecular weight is 252 g/mol. The standard InChI is InChI=1S/C12H13FN2O3/c1-3-18-12(17)11(8(2)16)15-14-10-6-4-9(13)5-7-10/h4-7,16H,3H2,1-2H3/b11-8-,15-14?. The van der Waals surface area contributed by atoms with E-state index in [-0.39, 0.29) is 18.1 Å². The van der Waals surface area contributed by atoms with Crippen LogP contribution in [-0.4, -0.2) is 17.7 Å². The summed E-state index contributed by atoms with van der Waals surface area (Å²) in [5.74, 6) is -1.45. The number of azo groups is 1. The van der Waals surface area contributed by atoms with Crippen molar-refractivity contribution in [3.8, 4) is 0 Å². The van der Waals surface area contributed by atoms with Crippen LogP contribution in [0.25, 0.3) is 0 Å². The fraction of sp³-hybridized carbons (Fsp3) is 0.250. The van der Waals surface area contributed by atoms with Gasteiger partial charge in [0.05, 0.1) is 12.3 Å². The lowest BCUT2D eigenvalue weighted by molar-refractivity contribution is -0.138. The fourth-order valence-electron chi connectivity index (χ4n) is 1.08. The van der Waals surface area contributed by atoms with Gasteiger partial charge in [0.25, 0.3) is 0 Å². The first kappa shape index (κ1) is 13.8. The van der Waals surface area contributed by atoms with E-state index in [0.717, 1.165) is 0 Å². The highest BCUT2D eigenvalue weighted by Gasteiger charge is 2.13. The number of halogens is 1. The van der Waals surface area contributed by atoms with Gasteiger partial charge in [0, 0.05) is 0 Å². The second kappa shape index (κ2) is 6.48. The number of benzene rings is 1. The van der Waals surface area contributed by atoms with Gasteiger partial charge in [0.2, 0.25) is 5.70 Å². The summed E-state index contributed by atoms with van der Waals surface area (Å²) in [4.78, 5) is 11.4. The number of rotatable bonds is 4. The Morgan fingerprint density at radius 3 is 2.50 bits per heavy atom. The van der Waals surface area contributed by atoms with E-state index in [1.54, 1.807) is 6.92 Å². The maximum Gasteiger partial charge on any atom is 0.362 e. The molecular formula is C12H13FN2O3. The van der Waals surface area contributed by atoms with E-state index in [0.29, 0.717) is 5.69 Å². The van der Waals surface area contributed by atoms with E-state index in [2.05, 4.69) is 10.2 Å². The van der Waals surface area contributed by atoms with Crippen molar-refractivity contribution in [1.82, 2.24) is 0 Å². The minimum Gasteiger partial charge on any atom is -0.510 e. The van der Waals surface area contributed by atoms with Crippen molar-refractivity contribution in [2.24, 2.45) is 10.2 Å². The van der Waals surface area contributed by atoms with Crippen LogP contribution in [0.2, 0.25) is 0 Å². The van der Waals surface area contributed by atoms with Gasteiger partial charge in [0.15, 0.2) is 0 Å². The zero-order valence-corrected chi connectivity index (χ0v) is 10.1. The Morgan fingerprint density at radius 2 is 2.00 bits per heavy atom. The third-order valence-corrected chi connectivity index (χ3v) is 1.90. The van der Waals surface area contributed by atoms with Crippen molar-refractivity contribution < 1.29 is 19.0 Å². The second-order valence-electron chi connectivity index (χ2n) is 3.33. The topological polar surface area (TPSA) is 71.2 Å². The molecule has 0 unspecified atom stereocenters. The van der Waals surface area contributed by atoms with Gasteiger partial charge < -0.3 is 9.84 Å². The zero-order chi connectivity index (χ0) is 13.5. The molecule has 1 N–H and O–H groups in total. The number of aliphatic hydroxyl groups is 1. The lowest BCUT2D eigenvalue weighted by Gasteiger charge is -2.01. The Balaban J connectivity index is 2.88. The first-order chi connectivity index (χ1) is 8.54. The minimum atomic E-state index is -0.761. The van der Waals surface area contributed by atoms with Crippen molar-refractivity contribution in [2.45, 2.75) is 13.8 Å². The molecular weight excluding hydrogens is 239 g/mol. The Hall–Kier alpha value is -2.24. The number of ether oxygens (including phenoxy) is 1. The monoisotopic (exact) mass is 252 g/mol. The SMILES string of the molecule is CCOC(=O)/C(N=Nc1ccc(F)cc1)=C(\C)O. The summed E-state index contributed by atoms with van der Waals surface area (Å²) in [5, 5.41) is 16.6. The molecule has 6 heteroatoms. The van der Waals surface area contributed by atoms with Crippen LogP contribution in [0.3, 0.4) is 0 Å². The number of hydrogen-bond donors (Lipinski definition) is 1. The number of carbonyl (C=O) groups is 1. The largest absolute Gasteiger partial charge is 0.510 e. The molecule has 0 atom stereocenters. The second-order valence-corrected chi connectivity index (χ2v) is 3.33. The molecule has 18 heavy (non-hydrogen) atoms. The van der Waals surface area contributed by atoms with Crippen LogP contribution in [-0.2, 0) is 9.53 Å². The molecule has 5 nitrogen and oxygen atoms in total. The molecule has 0 heterocycles. The maximum absolute atomic E-state index is 12.6. The van der Waals surface area contributed by atoms with Crippen molar-refractivity contribution in [3.05, 3.63) is 41.5 Å². The van der Waals surface area contributed by atoms with Gasteiger partial charge in [-0.3, -0.25) is 0 Å². The third kappa shape index (κ3) is 3.97. The Labute approximate surface area is 104 Å². The van der Waals surface area contributed by atoms with E-state index in [9.17, 15) is 14.3 Å². The molecule has 0 aliphatic carbocycles. The highest BCUT2D eigenvalue weighted by atomic mass is 19.1. The molecule has 0 aliphatic heterocycles. The van der Waals surface area contributed by atoms with Crippen LogP contribution in [0.15, 0.2) is 46.0 Å². The summed E-state index contributed by atoms with van der Waals surface area (Å²) in [7, 11) is 0. The van der Waals surface area contributed by atoms with E-state index >= 15 is 0 Å². The quantitative estimate of drug-likeness (QED) is 0.387. The van der Waals surface area contributed by atoms with Crippen molar-refractivity contribution >= 4 is 11.7 Å². The van der Waals surface area contributed by atoms with E-state index in [1.807, 2.05) is 0 Å². The first-order valence-electron chi connectivity index (χ1n) is 5.29. The number of hydrogen-bond acceptors (Lipinski definition) is 5. The lowest BCUT2D eigenvalue weighted by atomic mass is 10.3. The van der Waals surface area contributed by atoms with Gasteiger partial charge in [-0.15, -0.1) is 5.11 Å². The van der Waals surface area contributed by atoms with Crippen LogP contribution in [0, 0.1) is 5.82 Å². The molecule has 0 amide bonds. The van der Waals surface area contributed by atoms with Gasteiger partial charge in [0.1, 0.15) is 11.6 Å². The molecule has 0 radical (unpaired) electrons. The van der Waals surface area contributed by atoms with Gasteiger partial charge >= 0.3 is 5.97 Å². The Kier molecular flexibility index (Phi) is 4.98. The predicted molar refractivity (Wildman–Crippen MR) is 62.9 cm³/mol. The van der Waals surface area contributed by atoms with Gasteiger partial charge in [-0.25, -0.2) is 9.18 Å². The average Bonchev–Trinajstić information content (AvgIpc) is 2.31. The summed E-state index contributed by atoms with van der Waals surface area (Å²) >= 11 is 0. The van der Waals surface area contributed by atoms with Crippen LogP contribution in [0.1, 0.15) is 13.8 Å². The first-order valence-corrected chi connectivity index (χ1v) is 5.29. The van der Waals surface area contributed by atoms with Crippen molar-refractivity contribution in [3.63, 3.8) is 0 Å². The van der Waals surface area contributed by atoms with Crippen LogP contribution < -0.4 is 0 Å². The Morgan fingerprint density at radius 1 is 1.39 bits per heavy atom. The Bertz CT molecular complexity index is 477. The number of nitrogens with zero attached hydrogens (tertiary/aromatic N) is 2. The van der Waals surface area contributed by atoms with Crippen molar-refractivity contribution in [1.29, 1.82) is 0 Å². The van der Waals surface area contributed by atoms with Gasteiger partial charge in [-0.1, -0.05) is 0 Å².